The first-order valence-corrected chi connectivity index (χ1v) is 11.0. The van der Waals surface area contributed by atoms with Gasteiger partial charge in [0, 0.05) is 22.0 Å². The van der Waals surface area contributed by atoms with E-state index < -0.39 is 21.9 Å². The smallest absolute Gasteiger partial charge is 0.360 e. The third-order valence-electron chi connectivity index (χ3n) is 3.24. The molecule has 0 aliphatic carbocycles. The molecule has 0 saturated carbocycles. The minimum Gasteiger partial charge on any atom is -0.360 e. The normalized spacial score (nSPS) is 13.3. The molecule has 0 aliphatic heterocycles. The number of rotatable bonds is 6. The Morgan fingerprint density at radius 1 is 1.17 bits per heavy atom. The highest BCUT2D eigenvalue weighted by Gasteiger charge is 2.35. The van der Waals surface area contributed by atoms with Gasteiger partial charge in [-0.25, -0.2) is 15.0 Å². The van der Waals surface area contributed by atoms with Crippen LogP contribution in [-0.4, -0.2) is 40.7 Å². The summed E-state index contributed by atoms with van der Waals surface area (Å²) >= 11 is 3.31. The SMILES string of the molecule is CS(C)(C)CCOCn1cc(C(F)(F)F)nc1-c1ccc(Br)cc1. The van der Waals surface area contributed by atoms with Crippen LogP contribution in [-0.2, 0) is 17.6 Å². The number of hydrogen-bond donors (Lipinski definition) is 0. The van der Waals surface area contributed by atoms with Crippen molar-refractivity contribution < 1.29 is 17.9 Å². The van der Waals surface area contributed by atoms with Crippen molar-refractivity contribution in [3.8, 4) is 11.4 Å². The molecule has 24 heavy (non-hydrogen) atoms. The fraction of sp³-hybridized carbons (Fsp3) is 0.438. The largest absolute Gasteiger partial charge is 0.434 e. The van der Waals surface area contributed by atoms with E-state index in [0.29, 0.717) is 12.2 Å². The van der Waals surface area contributed by atoms with E-state index in [1.807, 2.05) is 0 Å². The molecule has 1 aromatic heterocycles. The minimum atomic E-state index is -4.48. The van der Waals surface area contributed by atoms with Crippen LogP contribution in [0.4, 0.5) is 13.2 Å². The number of alkyl halides is 3. The molecule has 1 aromatic carbocycles. The molecule has 3 nitrogen and oxygen atoms in total. The van der Waals surface area contributed by atoms with Crippen molar-refractivity contribution in [2.45, 2.75) is 12.9 Å². The van der Waals surface area contributed by atoms with Crippen molar-refractivity contribution in [2.75, 3.05) is 31.1 Å². The second-order valence-electron chi connectivity index (χ2n) is 6.26. The van der Waals surface area contributed by atoms with E-state index in [1.54, 1.807) is 24.3 Å². The maximum Gasteiger partial charge on any atom is 0.434 e. The predicted molar refractivity (Wildman–Crippen MR) is 96.5 cm³/mol. The Bertz CT molecular complexity index is 678. The molecular weight excluding hydrogens is 405 g/mol. The zero-order valence-corrected chi connectivity index (χ0v) is 16.1. The molecule has 2 rings (SSSR count). The summed E-state index contributed by atoms with van der Waals surface area (Å²) in [6.07, 6.45) is 3.03. The first-order chi connectivity index (χ1) is 11.1. The Labute approximate surface area is 149 Å². The van der Waals surface area contributed by atoms with E-state index in [-0.39, 0.29) is 12.6 Å². The maximum atomic E-state index is 13.0. The van der Waals surface area contributed by atoms with Gasteiger partial charge in [-0.15, -0.1) is 0 Å². The average Bonchev–Trinajstić information content (AvgIpc) is 2.88. The van der Waals surface area contributed by atoms with Crippen molar-refractivity contribution in [3.63, 3.8) is 0 Å². The number of imidazole rings is 1. The minimum absolute atomic E-state index is 0.0456. The molecule has 1 heterocycles. The van der Waals surface area contributed by atoms with E-state index >= 15 is 0 Å². The fourth-order valence-electron chi connectivity index (χ4n) is 1.95. The van der Waals surface area contributed by atoms with Crippen molar-refractivity contribution in [3.05, 3.63) is 40.6 Å². The maximum absolute atomic E-state index is 13.0. The lowest BCUT2D eigenvalue weighted by molar-refractivity contribution is -0.141. The summed E-state index contributed by atoms with van der Waals surface area (Å²) in [5.74, 6) is 1.15. The first-order valence-electron chi connectivity index (χ1n) is 7.20. The topological polar surface area (TPSA) is 27.1 Å². The molecule has 0 fully saturated rings. The van der Waals surface area contributed by atoms with Crippen LogP contribution in [0.1, 0.15) is 5.69 Å². The third-order valence-corrected chi connectivity index (χ3v) is 5.16. The highest BCUT2D eigenvalue weighted by Crippen LogP contribution is 2.34. The molecule has 8 heteroatoms. The van der Waals surface area contributed by atoms with Gasteiger partial charge in [-0.1, -0.05) is 28.1 Å². The molecule has 0 radical (unpaired) electrons. The van der Waals surface area contributed by atoms with Gasteiger partial charge in [-0.2, -0.15) is 13.2 Å². The molecule has 0 aliphatic rings. The summed E-state index contributed by atoms with van der Waals surface area (Å²) in [6, 6.07) is 6.99. The van der Waals surface area contributed by atoms with Gasteiger partial charge in [0.1, 0.15) is 12.6 Å². The van der Waals surface area contributed by atoms with Crippen LogP contribution < -0.4 is 0 Å². The number of benzene rings is 1. The zero-order valence-electron chi connectivity index (χ0n) is 13.7. The molecule has 0 bridgehead atoms. The summed E-state index contributed by atoms with van der Waals surface area (Å²) in [4.78, 5) is 3.76. The summed E-state index contributed by atoms with van der Waals surface area (Å²) < 4.78 is 46.8. The Kier molecular flexibility index (Phi) is 6.04. The number of ether oxygens (including phenoxy) is 1. The van der Waals surface area contributed by atoms with Crippen molar-refractivity contribution in [2.24, 2.45) is 0 Å². The third kappa shape index (κ3) is 5.53. The van der Waals surface area contributed by atoms with Crippen LogP contribution in [0.2, 0.25) is 0 Å². The van der Waals surface area contributed by atoms with Gasteiger partial charge in [0.05, 0.1) is 6.61 Å². The predicted octanol–water partition coefficient (Wildman–Crippen LogP) is 5.00. The van der Waals surface area contributed by atoms with Gasteiger partial charge >= 0.3 is 6.18 Å². The molecule has 134 valence electrons. The van der Waals surface area contributed by atoms with Crippen molar-refractivity contribution in [1.29, 1.82) is 0 Å². The van der Waals surface area contributed by atoms with Gasteiger partial charge in [-0.05, 0) is 30.9 Å². The summed E-state index contributed by atoms with van der Waals surface area (Å²) in [7, 11) is -0.699. The number of aromatic nitrogens is 2. The van der Waals surface area contributed by atoms with Gasteiger partial charge in [0.25, 0.3) is 0 Å². The Hall–Kier alpha value is -0.990. The Morgan fingerprint density at radius 2 is 1.79 bits per heavy atom. The lowest BCUT2D eigenvalue weighted by Gasteiger charge is -2.24. The van der Waals surface area contributed by atoms with Gasteiger partial charge in [-0.3, -0.25) is 0 Å². The van der Waals surface area contributed by atoms with Gasteiger partial charge in [0.15, 0.2) is 5.69 Å². The van der Waals surface area contributed by atoms with E-state index in [9.17, 15) is 13.2 Å². The highest BCUT2D eigenvalue weighted by atomic mass is 79.9. The van der Waals surface area contributed by atoms with Crippen LogP contribution in [0, 0.1) is 0 Å². The molecule has 0 atom stereocenters. The molecule has 0 spiro atoms. The second-order valence-corrected chi connectivity index (χ2v) is 11.8. The van der Waals surface area contributed by atoms with Crippen LogP contribution >= 0.6 is 26.0 Å². The van der Waals surface area contributed by atoms with E-state index in [4.69, 9.17) is 4.74 Å². The van der Waals surface area contributed by atoms with E-state index in [2.05, 4.69) is 39.7 Å². The second kappa shape index (κ2) is 7.49. The number of nitrogens with zero attached hydrogens (tertiary/aromatic N) is 2. The average molecular weight is 425 g/mol. The number of hydrogen-bond acceptors (Lipinski definition) is 2. The standard InChI is InChI=1S/C16H20BrF3N2OS/c1-24(2,3)9-8-23-11-22-10-14(16(18,19)20)21-15(22)12-4-6-13(17)7-5-12/h4-7,10H,8-9,11H2,1-3H3. The molecule has 0 unspecified atom stereocenters. The van der Waals surface area contributed by atoms with Crippen molar-refractivity contribution in [1.82, 2.24) is 9.55 Å². The van der Waals surface area contributed by atoms with Gasteiger partial charge in [0.2, 0.25) is 0 Å². The van der Waals surface area contributed by atoms with E-state index in [1.165, 1.54) is 4.57 Å². The lowest BCUT2D eigenvalue weighted by Crippen LogP contribution is -2.10. The van der Waals surface area contributed by atoms with Crippen molar-refractivity contribution >= 4 is 26.0 Å². The molecule has 0 N–H and O–H groups in total. The lowest BCUT2D eigenvalue weighted by atomic mass is 10.2. The summed E-state index contributed by atoms with van der Waals surface area (Å²) in [5, 5.41) is 0. The molecular formula is C16H20BrF3N2OS. The monoisotopic (exact) mass is 424 g/mol. The molecule has 0 saturated heterocycles. The van der Waals surface area contributed by atoms with Crippen LogP contribution in [0.25, 0.3) is 11.4 Å². The highest BCUT2D eigenvalue weighted by molar-refractivity contribution is 9.10. The van der Waals surface area contributed by atoms with Gasteiger partial charge < -0.3 is 9.30 Å². The first kappa shape index (κ1) is 19.3. The Morgan fingerprint density at radius 3 is 2.33 bits per heavy atom. The van der Waals surface area contributed by atoms with E-state index in [0.717, 1.165) is 16.4 Å². The zero-order chi connectivity index (χ0) is 18.0. The quantitative estimate of drug-likeness (QED) is 0.610. The fourth-order valence-corrected chi connectivity index (χ4v) is 2.83. The van der Waals surface area contributed by atoms with Crippen LogP contribution in [0.3, 0.4) is 0 Å². The van der Waals surface area contributed by atoms with Crippen LogP contribution in [0.15, 0.2) is 34.9 Å². The number of halogens is 4. The molecule has 2 aromatic rings. The summed E-state index contributed by atoms with van der Waals surface area (Å²) in [5.41, 5.74) is -0.302. The summed E-state index contributed by atoms with van der Waals surface area (Å²) in [6.45, 7) is 0.558. The Balaban J connectivity index is 2.21. The molecule has 0 amide bonds. The van der Waals surface area contributed by atoms with Crippen LogP contribution in [0.5, 0.6) is 0 Å².